The first-order valence-corrected chi connectivity index (χ1v) is 7.98. The number of ether oxygens (including phenoxy) is 1. The molecule has 0 bridgehead atoms. The second-order valence-corrected chi connectivity index (χ2v) is 6.22. The van der Waals surface area contributed by atoms with Crippen LogP contribution in [-0.4, -0.2) is 17.1 Å². The van der Waals surface area contributed by atoms with Crippen LogP contribution in [-0.2, 0) is 11.8 Å². The van der Waals surface area contributed by atoms with Gasteiger partial charge in [0.15, 0.2) is 5.75 Å². The lowest BCUT2D eigenvalue weighted by Crippen LogP contribution is -2.23. The van der Waals surface area contributed by atoms with Crippen LogP contribution < -0.4 is 10.3 Å². The molecule has 1 unspecified atom stereocenters. The Kier molecular flexibility index (Phi) is 4.43. The third-order valence-electron chi connectivity index (χ3n) is 4.37. The number of methoxy groups -OCH3 is 1. The van der Waals surface area contributed by atoms with Crippen molar-refractivity contribution in [3.63, 3.8) is 0 Å². The number of hydrogen-bond donors (Lipinski definition) is 1. The third kappa shape index (κ3) is 3.13. The number of hydrogen-bond acceptors (Lipinski definition) is 5. The first-order chi connectivity index (χ1) is 12.5. The zero-order valence-corrected chi connectivity index (χ0v) is 14.4. The molecule has 1 atom stereocenters. The van der Waals surface area contributed by atoms with E-state index in [2.05, 4.69) is 16.0 Å². The van der Waals surface area contributed by atoms with E-state index in [4.69, 9.17) is 10.00 Å². The van der Waals surface area contributed by atoms with Gasteiger partial charge in [0.1, 0.15) is 11.8 Å². The fourth-order valence-corrected chi connectivity index (χ4v) is 2.88. The number of nitriles is 2. The number of benzene rings is 1. The van der Waals surface area contributed by atoms with Gasteiger partial charge in [-0.25, -0.2) is 4.98 Å². The van der Waals surface area contributed by atoms with Gasteiger partial charge in [-0.1, -0.05) is 18.2 Å². The molecule has 6 heteroatoms. The maximum absolute atomic E-state index is 12.0. The van der Waals surface area contributed by atoms with Gasteiger partial charge in [0.2, 0.25) is 0 Å². The molecule has 0 fully saturated rings. The second-order valence-electron chi connectivity index (χ2n) is 6.22. The molecule has 1 N–H and O–H groups in total. The lowest BCUT2D eigenvalue weighted by molar-refractivity contribution is 0.409. The maximum atomic E-state index is 12.0. The highest BCUT2D eigenvalue weighted by atomic mass is 16.5. The van der Waals surface area contributed by atoms with Crippen molar-refractivity contribution in [2.45, 2.75) is 18.8 Å². The van der Waals surface area contributed by atoms with Gasteiger partial charge in [0.25, 0.3) is 5.56 Å². The molecule has 1 aromatic carbocycles. The first-order valence-electron chi connectivity index (χ1n) is 7.98. The minimum Gasteiger partial charge on any atom is -0.491 e. The van der Waals surface area contributed by atoms with Crippen molar-refractivity contribution in [1.29, 1.82) is 10.5 Å². The number of nitrogens with zero attached hydrogens (tertiary/aromatic N) is 3. The molecule has 0 aliphatic rings. The van der Waals surface area contributed by atoms with Crippen LogP contribution in [0.4, 0.5) is 0 Å². The van der Waals surface area contributed by atoms with Crippen LogP contribution in [0.25, 0.3) is 10.9 Å². The van der Waals surface area contributed by atoms with E-state index in [1.807, 2.05) is 25.1 Å². The van der Waals surface area contributed by atoms with E-state index in [1.54, 1.807) is 30.3 Å². The molecular formula is C20H16N4O2. The zero-order chi connectivity index (χ0) is 18.7. The molecule has 0 aliphatic carbocycles. The summed E-state index contributed by atoms with van der Waals surface area (Å²) in [5, 5.41) is 19.6. The smallest absolute Gasteiger partial charge is 0.290 e. The van der Waals surface area contributed by atoms with Crippen molar-refractivity contribution in [2.24, 2.45) is 0 Å². The van der Waals surface area contributed by atoms with E-state index < -0.39 is 5.41 Å². The summed E-state index contributed by atoms with van der Waals surface area (Å²) in [7, 11) is 1.44. The summed E-state index contributed by atoms with van der Waals surface area (Å²) in [4.78, 5) is 19.0. The Hall–Kier alpha value is -3.64. The van der Waals surface area contributed by atoms with Crippen molar-refractivity contribution in [1.82, 2.24) is 9.97 Å². The molecule has 0 aliphatic heterocycles. The Morgan fingerprint density at radius 1 is 1.23 bits per heavy atom. The molecule has 6 nitrogen and oxygen atoms in total. The van der Waals surface area contributed by atoms with Crippen LogP contribution in [0.3, 0.4) is 0 Å². The van der Waals surface area contributed by atoms with Gasteiger partial charge in [0, 0.05) is 23.0 Å². The van der Waals surface area contributed by atoms with Crippen LogP contribution in [0, 0.1) is 22.7 Å². The molecule has 26 heavy (non-hydrogen) atoms. The van der Waals surface area contributed by atoms with Crippen LogP contribution >= 0.6 is 0 Å². The number of aromatic amines is 1. The van der Waals surface area contributed by atoms with Gasteiger partial charge < -0.3 is 9.72 Å². The molecule has 2 heterocycles. The Morgan fingerprint density at radius 3 is 2.73 bits per heavy atom. The predicted molar refractivity (Wildman–Crippen MR) is 96.7 cm³/mol. The van der Waals surface area contributed by atoms with Crippen LogP contribution in [0.15, 0.2) is 47.3 Å². The molecular weight excluding hydrogens is 328 g/mol. The average molecular weight is 344 g/mol. The summed E-state index contributed by atoms with van der Waals surface area (Å²) in [6, 6.07) is 16.7. The molecule has 3 rings (SSSR count). The van der Waals surface area contributed by atoms with Gasteiger partial charge in [0.05, 0.1) is 18.6 Å². The van der Waals surface area contributed by atoms with Crippen molar-refractivity contribution >= 4 is 10.9 Å². The standard InChI is InChI=1S/C20H16N4O2/c1-20(12-22,10-15-4-3-5-16(11-21)23-15)14-7-6-13-8-18(26-2)19(25)24-17(13)9-14/h3-9H,10H2,1-2H3,(H,24,25). The number of H-pyrrole nitrogens is 1. The number of pyridine rings is 2. The molecule has 0 saturated carbocycles. The Labute approximate surface area is 150 Å². The van der Waals surface area contributed by atoms with Gasteiger partial charge in [-0.15, -0.1) is 0 Å². The van der Waals surface area contributed by atoms with Gasteiger partial charge in [-0.05, 0) is 36.8 Å². The molecule has 3 aromatic rings. The predicted octanol–water partition coefficient (Wildman–Crippen LogP) is 2.83. The Bertz CT molecular complexity index is 1120. The number of rotatable bonds is 4. The van der Waals surface area contributed by atoms with Gasteiger partial charge >= 0.3 is 0 Å². The van der Waals surface area contributed by atoms with Crippen molar-refractivity contribution < 1.29 is 4.74 Å². The van der Waals surface area contributed by atoms with Crippen molar-refractivity contribution in [3.05, 3.63) is 69.8 Å². The largest absolute Gasteiger partial charge is 0.491 e. The van der Waals surface area contributed by atoms with E-state index in [-0.39, 0.29) is 11.3 Å². The minimum atomic E-state index is -0.855. The van der Waals surface area contributed by atoms with Crippen LogP contribution in [0.1, 0.15) is 23.9 Å². The van der Waals surface area contributed by atoms with Crippen molar-refractivity contribution in [2.75, 3.05) is 7.11 Å². The van der Waals surface area contributed by atoms with Crippen LogP contribution in [0.2, 0.25) is 0 Å². The summed E-state index contributed by atoms with van der Waals surface area (Å²) in [5.41, 5.74) is 1.20. The fraction of sp³-hybridized carbons (Fsp3) is 0.200. The van der Waals surface area contributed by atoms with Gasteiger partial charge in [-0.3, -0.25) is 4.79 Å². The quantitative estimate of drug-likeness (QED) is 0.784. The first kappa shape index (κ1) is 17.2. The third-order valence-corrected chi connectivity index (χ3v) is 4.37. The van der Waals surface area contributed by atoms with Gasteiger partial charge in [-0.2, -0.15) is 10.5 Å². The monoisotopic (exact) mass is 344 g/mol. The summed E-state index contributed by atoms with van der Waals surface area (Å²) in [6.07, 6.45) is 0.352. The SMILES string of the molecule is COc1cc2ccc(C(C)(C#N)Cc3cccc(C#N)n3)cc2[nH]c1=O. The Morgan fingerprint density at radius 2 is 2.04 bits per heavy atom. The molecule has 0 amide bonds. The minimum absolute atomic E-state index is 0.241. The molecule has 128 valence electrons. The topological polar surface area (TPSA) is 103 Å². The summed E-state index contributed by atoms with van der Waals surface area (Å²) < 4.78 is 5.04. The average Bonchev–Trinajstić information content (AvgIpc) is 2.67. The van der Waals surface area contributed by atoms with E-state index in [1.165, 1.54) is 7.11 Å². The van der Waals surface area contributed by atoms with Crippen LogP contribution in [0.5, 0.6) is 5.75 Å². The lowest BCUT2D eigenvalue weighted by atomic mass is 9.79. The highest BCUT2D eigenvalue weighted by molar-refractivity contribution is 5.80. The number of nitrogens with one attached hydrogen (secondary N) is 1. The highest BCUT2D eigenvalue weighted by Crippen LogP contribution is 2.29. The Balaban J connectivity index is 2.05. The number of aromatic nitrogens is 2. The fourth-order valence-electron chi connectivity index (χ4n) is 2.88. The van der Waals surface area contributed by atoms with E-state index in [9.17, 15) is 10.1 Å². The highest BCUT2D eigenvalue weighted by Gasteiger charge is 2.28. The normalized spacial score (nSPS) is 12.8. The summed E-state index contributed by atoms with van der Waals surface area (Å²) in [5.74, 6) is 0.241. The van der Waals surface area contributed by atoms with E-state index in [0.29, 0.717) is 23.3 Å². The summed E-state index contributed by atoms with van der Waals surface area (Å²) >= 11 is 0. The number of fused-ring (bicyclic) bond motifs is 1. The molecule has 2 aromatic heterocycles. The molecule has 0 spiro atoms. The summed E-state index contributed by atoms with van der Waals surface area (Å²) in [6.45, 7) is 1.82. The lowest BCUT2D eigenvalue weighted by Gasteiger charge is -2.22. The van der Waals surface area contributed by atoms with Crippen molar-refractivity contribution in [3.8, 4) is 17.9 Å². The van der Waals surface area contributed by atoms with E-state index >= 15 is 0 Å². The maximum Gasteiger partial charge on any atom is 0.290 e. The molecule has 0 radical (unpaired) electrons. The van der Waals surface area contributed by atoms with E-state index in [0.717, 1.165) is 10.9 Å². The molecule has 0 saturated heterocycles. The second kappa shape index (κ2) is 6.70. The zero-order valence-electron chi connectivity index (χ0n) is 14.4.